The number of anilines is 2. The van der Waals surface area contributed by atoms with Crippen molar-refractivity contribution in [2.24, 2.45) is 0 Å². The Morgan fingerprint density at radius 3 is 2.26 bits per heavy atom. The number of amides is 2. The molecular weight excluding hydrogens is 454 g/mol. The molecule has 2 amide bonds. The van der Waals surface area contributed by atoms with Crippen molar-refractivity contribution < 1.29 is 9.59 Å². The summed E-state index contributed by atoms with van der Waals surface area (Å²) in [6, 6.07) is 18.4. The minimum absolute atomic E-state index is 0.0236. The fourth-order valence-electron chi connectivity index (χ4n) is 3.81. The maximum Gasteiger partial charge on any atom is 0.330 e. The molecule has 4 rings (SSSR count). The SMILES string of the molecule is Nc1c(N(Cc2ccccc2)C(=O)CCN2CCSC2=O)c(=O)[nH]c(=O)n1Cc1ccccc1. The van der Waals surface area contributed by atoms with Gasteiger partial charge in [-0.3, -0.25) is 23.9 Å². The molecule has 0 atom stereocenters. The van der Waals surface area contributed by atoms with E-state index in [-0.39, 0.29) is 48.7 Å². The number of nitrogens with one attached hydrogen (secondary N) is 1. The van der Waals surface area contributed by atoms with Crippen LogP contribution in [0.5, 0.6) is 0 Å². The van der Waals surface area contributed by atoms with Crippen molar-refractivity contribution in [1.29, 1.82) is 0 Å². The average molecular weight is 480 g/mol. The Hall–Kier alpha value is -3.79. The summed E-state index contributed by atoms with van der Waals surface area (Å²) in [6.45, 7) is 1.07. The van der Waals surface area contributed by atoms with Gasteiger partial charge in [0.1, 0.15) is 5.82 Å². The van der Waals surface area contributed by atoms with Gasteiger partial charge in [-0.05, 0) is 11.1 Å². The second-order valence-corrected chi connectivity index (χ2v) is 8.93. The molecule has 9 nitrogen and oxygen atoms in total. The van der Waals surface area contributed by atoms with Crippen molar-refractivity contribution in [1.82, 2.24) is 14.5 Å². The van der Waals surface area contributed by atoms with Gasteiger partial charge < -0.3 is 15.5 Å². The first-order chi connectivity index (χ1) is 16.4. The van der Waals surface area contributed by atoms with E-state index in [4.69, 9.17) is 5.73 Å². The topological polar surface area (TPSA) is 122 Å². The van der Waals surface area contributed by atoms with Gasteiger partial charge in [-0.1, -0.05) is 72.4 Å². The first-order valence-electron chi connectivity index (χ1n) is 10.9. The van der Waals surface area contributed by atoms with Gasteiger partial charge in [0.2, 0.25) is 5.91 Å². The molecule has 176 valence electrons. The lowest BCUT2D eigenvalue weighted by Crippen LogP contribution is -2.42. The Balaban J connectivity index is 1.70. The summed E-state index contributed by atoms with van der Waals surface area (Å²) in [5.74, 6) is 0.239. The molecule has 1 saturated heterocycles. The number of rotatable bonds is 8. The standard InChI is InChI=1S/C24H25N5O4S/c25-21-20(22(31)26-23(32)29(21)16-18-9-5-2-6-10-18)28(15-17-7-3-1-4-8-17)19(30)11-12-27-13-14-34-24(27)33/h1-10H,11-16,25H2,(H,26,31,32). The van der Waals surface area contributed by atoms with Crippen LogP contribution in [0.1, 0.15) is 17.5 Å². The van der Waals surface area contributed by atoms with Crippen LogP contribution < -0.4 is 21.9 Å². The van der Waals surface area contributed by atoms with Gasteiger partial charge in [-0.15, -0.1) is 0 Å². The minimum Gasteiger partial charge on any atom is -0.383 e. The van der Waals surface area contributed by atoms with Crippen molar-refractivity contribution in [2.45, 2.75) is 19.5 Å². The smallest absolute Gasteiger partial charge is 0.330 e. The molecule has 0 bridgehead atoms. The summed E-state index contributed by atoms with van der Waals surface area (Å²) in [7, 11) is 0. The molecule has 34 heavy (non-hydrogen) atoms. The Morgan fingerprint density at radius 1 is 1.00 bits per heavy atom. The molecule has 0 radical (unpaired) electrons. The number of aromatic amines is 1. The van der Waals surface area contributed by atoms with Crippen LogP contribution in [0.25, 0.3) is 0 Å². The van der Waals surface area contributed by atoms with Gasteiger partial charge >= 0.3 is 5.69 Å². The molecule has 1 aliphatic heterocycles. The van der Waals surface area contributed by atoms with Crippen molar-refractivity contribution >= 4 is 34.4 Å². The van der Waals surface area contributed by atoms with E-state index in [2.05, 4.69) is 4.98 Å². The molecule has 1 fully saturated rings. The molecule has 0 aliphatic carbocycles. The highest BCUT2D eigenvalue weighted by atomic mass is 32.2. The zero-order valence-corrected chi connectivity index (χ0v) is 19.3. The van der Waals surface area contributed by atoms with Gasteiger partial charge in [-0.2, -0.15) is 0 Å². The molecule has 0 unspecified atom stereocenters. The van der Waals surface area contributed by atoms with E-state index in [1.807, 2.05) is 60.7 Å². The average Bonchev–Trinajstić information content (AvgIpc) is 3.25. The fourth-order valence-corrected chi connectivity index (χ4v) is 4.66. The zero-order chi connectivity index (χ0) is 24.1. The number of aromatic nitrogens is 2. The van der Waals surface area contributed by atoms with Crippen LogP contribution in [0.2, 0.25) is 0 Å². The summed E-state index contributed by atoms with van der Waals surface area (Å²) >= 11 is 1.22. The number of nitrogens with two attached hydrogens (primary N) is 1. The molecule has 0 spiro atoms. The van der Waals surface area contributed by atoms with Crippen LogP contribution in [0, 0.1) is 0 Å². The molecular formula is C24H25N5O4S. The van der Waals surface area contributed by atoms with Crippen molar-refractivity contribution in [3.8, 4) is 0 Å². The summed E-state index contributed by atoms with van der Waals surface area (Å²) in [4.78, 5) is 56.0. The highest BCUT2D eigenvalue weighted by Crippen LogP contribution is 2.22. The van der Waals surface area contributed by atoms with Crippen LogP contribution in [-0.2, 0) is 17.9 Å². The minimum atomic E-state index is -0.733. The maximum atomic E-state index is 13.4. The first kappa shape index (κ1) is 23.4. The summed E-state index contributed by atoms with van der Waals surface area (Å²) in [5.41, 5.74) is 6.50. The number of nitrogens with zero attached hydrogens (tertiary/aromatic N) is 3. The highest BCUT2D eigenvalue weighted by molar-refractivity contribution is 8.13. The largest absolute Gasteiger partial charge is 0.383 e. The predicted octanol–water partition coefficient (Wildman–Crippen LogP) is 2.26. The van der Waals surface area contributed by atoms with Crippen LogP contribution in [0.15, 0.2) is 70.3 Å². The lowest BCUT2D eigenvalue weighted by Gasteiger charge is -2.25. The number of carbonyl (C=O) groups excluding carboxylic acids is 2. The van der Waals surface area contributed by atoms with E-state index in [1.54, 1.807) is 4.90 Å². The van der Waals surface area contributed by atoms with E-state index in [1.165, 1.54) is 21.2 Å². The summed E-state index contributed by atoms with van der Waals surface area (Å²) < 4.78 is 1.25. The van der Waals surface area contributed by atoms with Crippen LogP contribution >= 0.6 is 11.8 Å². The number of carbonyl (C=O) groups is 2. The third-order valence-corrected chi connectivity index (χ3v) is 6.48. The van der Waals surface area contributed by atoms with E-state index in [9.17, 15) is 19.2 Å². The summed E-state index contributed by atoms with van der Waals surface area (Å²) in [6.07, 6.45) is 0.0236. The van der Waals surface area contributed by atoms with Gasteiger partial charge in [-0.25, -0.2) is 4.79 Å². The molecule has 3 N–H and O–H groups in total. The molecule has 10 heteroatoms. The van der Waals surface area contributed by atoms with E-state index < -0.39 is 11.2 Å². The number of hydrogen-bond donors (Lipinski definition) is 2. The number of nitrogen functional groups attached to an aromatic ring is 1. The normalized spacial score (nSPS) is 13.3. The van der Waals surface area contributed by atoms with E-state index in [0.717, 1.165) is 11.1 Å². The molecule has 2 aromatic carbocycles. The predicted molar refractivity (Wildman–Crippen MR) is 133 cm³/mol. The lowest BCUT2D eigenvalue weighted by molar-refractivity contribution is -0.118. The van der Waals surface area contributed by atoms with Crippen LogP contribution in [-0.4, -0.2) is 44.4 Å². The third kappa shape index (κ3) is 5.23. The van der Waals surface area contributed by atoms with Crippen LogP contribution in [0.3, 0.4) is 0 Å². The monoisotopic (exact) mass is 479 g/mol. The van der Waals surface area contributed by atoms with Crippen molar-refractivity contribution in [2.75, 3.05) is 29.5 Å². The highest BCUT2D eigenvalue weighted by Gasteiger charge is 2.27. The molecule has 2 heterocycles. The fraction of sp³-hybridized carbons (Fsp3) is 0.250. The van der Waals surface area contributed by atoms with Gasteiger partial charge in [0.05, 0.1) is 13.1 Å². The maximum absolute atomic E-state index is 13.4. The van der Waals surface area contributed by atoms with E-state index >= 15 is 0 Å². The second-order valence-electron chi connectivity index (χ2n) is 7.88. The van der Waals surface area contributed by atoms with Gasteiger partial charge in [0, 0.05) is 25.3 Å². The Bertz CT molecular complexity index is 1290. The third-order valence-electron chi connectivity index (χ3n) is 5.59. The zero-order valence-electron chi connectivity index (χ0n) is 18.5. The number of hydrogen-bond acceptors (Lipinski definition) is 6. The van der Waals surface area contributed by atoms with Crippen LogP contribution in [0.4, 0.5) is 16.3 Å². The molecule has 0 saturated carbocycles. The number of benzene rings is 2. The quantitative estimate of drug-likeness (QED) is 0.511. The van der Waals surface area contributed by atoms with Crippen molar-refractivity contribution in [3.05, 3.63) is 92.6 Å². The number of thioether (sulfide) groups is 1. The number of H-pyrrole nitrogens is 1. The van der Waals surface area contributed by atoms with Gasteiger partial charge in [0.25, 0.3) is 10.8 Å². The Labute approximate surface area is 200 Å². The van der Waals surface area contributed by atoms with E-state index in [0.29, 0.717) is 12.3 Å². The molecule has 1 aromatic heterocycles. The summed E-state index contributed by atoms with van der Waals surface area (Å²) in [5, 5.41) is -0.0591. The Kier molecular flexibility index (Phi) is 7.17. The second kappa shape index (κ2) is 10.4. The molecule has 1 aliphatic rings. The lowest BCUT2D eigenvalue weighted by atomic mass is 10.2. The van der Waals surface area contributed by atoms with Crippen molar-refractivity contribution in [3.63, 3.8) is 0 Å². The molecule has 3 aromatic rings. The van der Waals surface area contributed by atoms with Gasteiger partial charge in [0.15, 0.2) is 5.69 Å². The first-order valence-corrected chi connectivity index (χ1v) is 11.8. The Morgan fingerprint density at radius 2 is 1.65 bits per heavy atom.